The van der Waals surface area contributed by atoms with Gasteiger partial charge in [0.1, 0.15) is 0 Å². The van der Waals surface area contributed by atoms with E-state index in [4.69, 9.17) is 23.2 Å². The first-order valence-corrected chi connectivity index (χ1v) is 7.04. The average molecular weight is 281 g/mol. The van der Waals surface area contributed by atoms with Crippen LogP contribution in [0.3, 0.4) is 0 Å². The van der Waals surface area contributed by atoms with E-state index >= 15 is 0 Å². The second-order valence-corrected chi connectivity index (χ2v) is 5.45. The molecule has 0 amide bonds. The van der Waals surface area contributed by atoms with Gasteiger partial charge < -0.3 is 0 Å². The van der Waals surface area contributed by atoms with Crippen LogP contribution in [-0.2, 0) is 12.4 Å². The number of alkyl halides is 1. The maximum atomic E-state index is 6.01. The molecule has 0 N–H and O–H groups in total. The van der Waals surface area contributed by atoms with Gasteiger partial charge in [0, 0.05) is 22.2 Å². The summed E-state index contributed by atoms with van der Waals surface area (Å²) >= 11 is 12.0. The van der Waals surface area contributed by atoms with Crippen LogP contribution in [0.15, 0.2) is 30.5 Å². The summed E-state index contributed by atoms with van der Waals surface area (Å²) in [6.07, 6.45) is 4.40. The predicted octanol–water partition coefficient (Wildman–Crippen LogP) is 4.20. The van der Waals surface area contributed by atoms with Gasteiger partial charge in [0.15, 0.2) is 0 Å². The summed E-state index contributed by atoms with van der Waals surface area (Å²) in [5.74, 6) is 1.20. The van der Waals surface area contributed by atoms with Crippen LogP contribution in [0.5, 0.6) is 0 Å². The first-order chi connectivity index (χ1) is 8.78. The smallest absolute Gasteiger partial charge is 0.0663 e. The molecule has 1 heterocycles. The first kappa shape index (κ1) is 12.1. The van der Waals surface area contributed by atoms with Crippen molar-refractivity contribution in [2.75, 3.05) is 0 Å². The number of benzene rings is 1. The van der Waals surface area contributed by atoms with Crippen LogP contribution in [0.4, 0.5) is 0 Å². The SMILES string of the molecule is ClCc1cnn(Cc2cccc(Cl)c2)c1C1CC1. The molecule has 0 unspecified atom stereocenters. The first-order valence-electron chi connectivity index (χ1n) is 6.13. The zero-order chi connectivity index (χ0) is 12.5. The predicted molar refractivity (Wildman–Crippen MR) is 74.3 cm³/mol. The standard InChI is InChI=1S/C14H14Cl2N2/c15-7-12-8-17-18(14(12)11-4-5-11)9-10-2-1-3-13(16)6-10/h1-3,6,8,11H,4-5,7,9H2. The summed E-state index contributed by atoms with van der Waals surface area (Å²) in [4.78, 5) is 0. The molecular weight excluding hydrogens is 267 g/mol. The van der Waals surface area contributed by atoms with E-state index in [1.54, 1.807) is 0 Å². The maximum absolute atomic E-state index is 6.01. The van der Waals surface area contributed by atoms with Crippen molar-refractivity contribution in [3.8, 4) is 0 Å². The van der Waals surface area contributed by atoms with Crippen LogP contribution in [0, 0.1) is 0 Å². The minimum absolute atomic E-state index is 0.543. The van der Waals surface area contributed by atoms with Gasteiger partial charge in [0.2, 0.25) is 0 Å². The summed E-state index contributed by atoms with van der Waals surface area (Å²) in [7, 11) is 0. The summed E-state index contributed by atoms with van der Waals surface area (Å²) in [6, 6.07) is 7.92. The largest absolute Gasteiger partial charge is 0.265 e. The highest BCUT2D eigenvalue weighted by Crippen LogP contribution is 2.42. The molecule has 1 fully saturated rings. The quantitative estimate of drug-likeness (QED) is 0.768. The van der Waals surface area contributed by atoms with Gasteiger partial charge in [-0.15, -0.1) is 11.6 Å². The molecule has 1 saturated carbocycles. The van der Waals surface area contributed by atoms with Crippen LogP contribution >= 0.6 is 23.2 Å². The molecule has 0 saturated heterocycles. The van der Waals surface area contributed by atoms with Crippen molar-refractivity contribution in [1.82, 2.24) is 9.78 Å². The zero-order valence-electron chi connectivity index (χ0n) is 9.94. The second-order valence-electron chi connectivity index (χ2n) is 4.75. The molecule has 3 rings (SSSR count). The lowest BCUT2D eigenvalue weighted by molar-refractivity contribution is 0.645. The Kier molecular flexibility index (Phi) is 3.31. The van der Waals surface area contributed by atoms with Gasteiger partial charge in [-0.05, 0) is 30.5 Å². The Balaban J connectivity index is 1.90. The molecule has 0 aliphatic heterocycles. The fourth-order valence-electron chi connectivity index (χ4n) is 2.30. The van der Waals surface area contributed by atoms with Crippen molar-refractivity contribution in [3.05, 3.63) is 52.3 Å². The third kappa shape index (κ3) is 2.40. The Morgan fingerprint density at radius 3 is 2.83 bits per heavy atom. The number of hydrogen-bond donors (Lipinski definition) is 0. The van der Waals surface area contributed by atoms with Crippen LogP contribution in [0.25, 0.3) is 0 Å². The molecule has 0 radical (unpaired) electrons. The highest BCUT2D eigenvalue weighted by atomic mass is 35.5. The molecule has 2 nitrogen and oxygen atoms in total. The highest BCUT2D eigenvalue weighted by Gasteiger charge is 2.29. The van der Waals surface area contributed by atoms with Crippen molar-refractivity contribution < 1.29 is 0 Å². The van der Waals surface area contributed by atoms with E-state index in [0.29, 0.717) is 11.8 Å². The minimum Gasteiger partial charge on any atom is -0.265 e. The van der Waals surface area contributed by atoms with Crippen molar-refractivity contribution in [2.24, 2.45) is 0 Å². The molecule has 94 valence electrons. The molecule has 0 atom stereocenters. The van der Waals surface area contributed by atoms with E-state index in [1.807, 2.05) is 24.4 Å². The van der Waals surface area contributed by atoms with E-state index in [0.717, 1.165) is 11.6 Å². The minimum atomic E-state index is 0.543. The van der Waals surface area contributed by atoms with Gasteiger partial charge in [0.05, 0.1) is 18.6 Å². The Hall–Kier alpha value is -0.990. The van der Waals surface area contributed by atoms with Gasteiger partial charge in [-0.3, -0.25) is 4.68 Å². The Bertz CT molecular complexity index is 559. The molecule has 1 aliphatic carbocycles. The van der Waals surface area contributed by atoms with Gasteiger partial charge >= 0.3 is 0 Å². The molecule has 0 bridgehead atoms. The van der Waals surface area contributed by atoms with Gasteiger partial charge in [-0.25, -0.2) is 0 Å². The van der Waals surface area contributed by atoms with Crippen LogP contribution in [-0.4, -0.2) is 9.78 Å². The fraction of sp³-hybridized carbons (Fsp3) is 0.357. The maximum Gasteiger partial charge on any atom is 0.0663 e. The van der Waals surface area contributed by atoms with E-state index < -0.39 is 0 Å². The number of halogens is 2. The third-order valence-corrected chi connectivity index (χ3v) is 3.81. The van der Waals surface area contributed by atoms with Crippen LogP contribution in [0.2, 0.25) is 5.02 Å². The van der Waals surface area contributed by atoms with Crippen molar-refractivity contribution in [2.45, 2.75) is 31.2 Å². The monoisotopic (exact) mass is 280 g/mol. The molecule has 18 heavy (non-hydrogen) atoms. The van der Waals surface area contributed by atoms with Gasteiger partial charge in [-0.2, -0.15) is 5.10 Å². The lowest BCUT2D eigenvalue weighted by Gasteiger charge is -2.08. The Morgan fingerprint density at radius 1 is 1.33 bits per heavy atom. The molecule has 4 heteroatoms. The molecular formula is C14H14Cl2N2. The molecule has 0 spiro atoms. The second kappa shape index (κ2) is 4.94. The van der Waals surface area contributed by atoms with E-state index in [2.05, 4.69) is 15.8 Å². The van der Waals surface area contributed by atoms with Gasteiger partial charge in [-0.1, -0.05) is 23.7 Å². The average Bonchev–Trinajstić information content (AvgIpc) is 3.11. The Labute approximate surface area is 117 Å². The lowest BCUT2D eigenvalue weighted by Crippen LogP contribution is -2.06. The molecule has 1 aromatic carbocycles. The molecule has 2 aromatic rings. The number of hydrogen-bond acceptors (Lipinski definition) is 1. The number of rotatable bonds is 4. The van der Waals surface area contributed by atoms with E-state index in [9.17, 15) is 0 Å². The van der Waals surface area contributed by atoms with E-state index in [1.165, 1.54) is 29.7 Å². The Morgan fingerprint density at radius 2 is 2.17 bits per heavy atom. The number of aromatic nitrogens is 2. The number of nitrogens with zero attached hydrogens (tertiary/aromatic N) is 2. The normalized spacial score (nSPS) is 15.0. The summed E-state index contributed by atoms with van der Waals surface area (Å²) < 4.78 is 2.07. The van der Waals surface area contributed by atoms with Crippen molar-refractivity contribution >= 4 is 23.2 Å². The molecule has 1 aromatic heterocycles. The van der Waals surface area contributed by atoms with Crippen LogP contribution < -0.4 is 0 Å². The summed E-state index contributed by atoms with van der Waals surface area (Å²) in [5.41, 5.74) is 3.65. The van der Waals surface area contributed by atoms with Crippen LogP contribution in [0.1, 0.15) is 35.6 Å². The van der Waals surface area contributed by atoms with E-state index in [-0.39, 0.29) is 0 Å². The third-order valence-electron chi connectivity index (χ3n) is 3.29. The molecule has 1 aliphatic rings. The highest BCUT2D eigenvalue weighted by molar-refractivity contribution is 6.30. The fourth-order valence-corrected chi connectivity index (χ4v) is 2.72. The van der Waals surface area contributed by atoms with Crippen molar-refractivity contribution in [1.29, 1.82) is 0 Å². The summed E-state index contributed by atoms with van der Waals surface area (Å²) in [5, 5.41) is 5.23. The van der Waals surface area contributed by atoms with Gasteiger partial charge in [0.25, 0.3) is 0 Å². The topological polar surface area (TPSA) is 17.8 Å². The zero-order valence-corrected chi connectivity index (χ0v) is 11.5. The lowest BCUT2D eigenvalue weighted by atomic mass is 10.2. The van der Waals surface area contributed by atoms with Crippen molar-refractivity contribution in [3.63, 3.8) is 0 Å². The summed E-state index contributed by atoms with van der Waals surface area (Å²) in [6.45, 7) is 0.767.